The van der Waals surface area contributed by atoms with Crippen LogP contribution in [0.25, 0.3) is 0 Å². The molecule has 0 spiro atoms. The van der Waals surface area contributed by atoms with Crippen LogP contribution in [-0.4, -0.2) is 23.7 Å². The Morgan fingerprint density at radius 1 is 1.29 bits per heavy atom. The van der Waals surface area contributed by atoms with E-state index in [1.54, 1.807) is 0 Å². The summed E-state index contributed by atoms with van der Waals surface area (Å²) in [6, 6.07) is 7.53. The summed E-state index contributed by atoms with van der Waals surface area (Å²) >= 11 is 0. The molecule has 1 aliphatic carbocycles. The SMILES string of the molecule is CCC(CC)C(O)CNC(=O)C1(c2ccc(N)cc2)CC1. The number of nitrogens with one attached hydrogen (secondary N) is 1. The Balaban J connectivity index is 1.95. The maximum absolute atomic E-state index is 12.5. The van der Waals surface area contributed by atoms with E-state index in [4.69, 9.17) is 5.73 Å². The summed E-state index contributed by atoms with van der Waals surface area (Å²) in [6.07, 6.45) is 3.12. The van der Waals surface area contributed by atoms with Crippen molar-refractivity contribution in [3.63, 3.8) is 0 Å². The van der Waals surface area contributed by atoms with E-state index in [0.717, 1.165) is 31.2 Å². The molecule has 4 heteroatoms. The summed E-state index contributed by atoms with van der Waals surface area (Å²) in [5.41, 5.74) is 7.02. The molecular weight excluding hydrogens is 264 g/mol. The van der Waals surface area contributed by atoms with Crippen molar-refractivity contribution in [3.05, 3.63) is 29.8 Å². The lowest BCUT2D eigenvalue weighted by atomic mass is 9.93. The van der Waals surface area contributed by atoms with Gasteiger partial charge in [0.25, 0.3) is 0 Å². The number of anilines is 1. The third-order valence-corrected chi connectivity index (χ3v) is 4.71. The van der Waals surface area contributed by atoms with Crippen molar-refractivity contribution in [2.75, 3.05) is 12.3 Å². The van der Waals surface area contributed by atoms with Gasteiger partial charge in [0.1, 0.15) is 0 Å². The number of rotatable bonds is 7. The van der Waals surface area contributed by atoms with Crippen LogP contribution in [0.1, 0.15) is 45.1 Å². The number of hydrogen-bond acceptors (Lipinski definition) is 3. The van der Waals surface area contributed by atoms with Gasteiger partial charge in [-0.2, -0.15) is 0 Å². The number of nitrogens with two attached hydrogens (primary N) is 1. The van der Waals surface area contributed by atoms with E-state index in [9.17, 15) is 9.90 Å². The first-order chi connectivity index (χ1) is 10.0. The highest BCUT2D eigenvalue weighted by Gasteiger charge is 2.51. The second-order valence-electron chi connectivity index (χ2n) is 6.06. The van der Waals surface area contributed by atoms with Gasteiger partial charge in [-0.25, -0.2) is 0 Å². The first-order valence-corrected chi connectivity index (χ1v) is 7.86. The third kappa shape index (κ3) is 3.38. The molecule has 0 aromatic heterocycles. The van der Waals surface area contributed by atoms with E-state index >= 15 is 0 Å². The molecule has 1 amide bonds. The molecule has 1 aromatic rings. The second-order valence-corrected chi connectivity index (χ2v) is 6.06. The maximum Gasteiger partial charge on any atom is 0.230 e. The van der Waals surface area contributed by atoms with Crippen LogP contribution in [-0.2, 0) is 10.2 Å². The van der Waals surface area contributed by atoms with Gasteiger partial charge in [-0.3, -0.25) is 4.79 Å². The number of aliphatic hydroxyl groups excluding tert-OH is 1. The number of hydrogen-bond donors (Lipinski definition) is 3. The highest BCUT2D eigenvalue weighted by molar-refractivity contribution is 5.91. The fraction of sp³-hybridized carbons (Fsp3) is 0.588. The Kier molecular flexibility index (Phi) is 4.88. The van der Waals surface area contributed by atoms with Gasteiger partial charge in [-0.15, -0.1) is 0 Å². The molecule has 116 valence electrons. The van der Waals surface area contributed by atoms with Crippen molar-refractivity contribution in [2.45, 2.75) is 51.0 Å². The number of amides is 1. The van der Waals surface area contributed by atoms with Gasteiger partial charge >= 0.3 is 0 Å². The predicted molar refractivity (Wildman–Crippen MR) is 84.9 cm³/mol. The van der Waals surface area contributed by atoms with Gasteiger partial charge in [0.05, 0.1) is 11.5 Å². The van der Waals surface area contributed by atoms with Gasteiger partial charge in [0, 0.05) is 12.2 Å². The summed E-state index contributed by atoms with van der Waals surface area (Å²) in [5.74, 6) is 0.272. The minimum atomic E-state index is -0.467. The molecule has 21 heavy (non-hydrogen) atoms. The van der Waals surface area contributed by atoms with Gasteiger partial charge in [0.2, 0.25) is 5.91 Å². The van der Waals surface area contributed by atoms with Crippen LogP contribution in [0.5, 0.6) is 0 Å². The van der Waals surface area contributed by atoms with E-state index in [1.807, 2.05) is 24.3 Å². The zero-order valence-corrected chi connectivity index (χ0v) is 12.9. The number of carbonyl (C=O) groups excluding carboxylic acids is 1. The molecule has 0 radical (unpaired) electrons. The van der Waals surface area contributed by atoms with Crippen LogP contribution in [0.15, 0.2) is 24.3 Å². The average Bonchev–Trinajstić information content (AvgIpc) is 3.28. The summed E-state index contributed by atoms with van der Waals surface area (Å²) in [7, 11) is 0. The lowest BCUT2D eigenvalue weighted by molar-refractivity contribution is -0.124. The molecule has 0 saturated heterocycles. The Bertz CT molecular complexity index is 476. The summed E-state index contributed by atoms with van der Waals surface area (Å²) < 4.78 is 0. The van der Waals surface area contributed by atoms with Crippen molar-refractivity contribution in [1.82, 2.24) is 5.32 Å². The summed E-state index contributed by atoms with van der Waals surface area (Å²) in [6.45, 7) is 4.47. The Morgan fingerprint density at radius 3 is 2.33 bits per heavy atom. The zero-order valence-electron chi connectivity index (χ0n) is 12.9. The third-order valence-electron chi connectivity index (χ3n) is 4.71. The zero-order chi connectivity index (χ0) is 15.5. The largest absolute Gasteiger partial charge is 0.399 e. The van der Waals surface area contributed by atoms with Crippen molar-refractivity contribution in [1.29, 1.82) is 0 Å². The Hall–Kier alpha value is -1.55. The quantitative estimate of drug-likeness (QED) is 0.674. The minimum Gasteiger partial charge on any atom is -0.399 e. The smallest absolute Gasteiger partial charge is 0.230 e. The molecular formula is C17H26N2O2. The van der Waals surface area contributed by atoms with E-state index in [1.165, 1.54) is 0 Å². The molecule has 0 heterocycles. The number of aliphatic hydroxyl groups is 1. The molecule has 1 saturated carbocycles. The molecule has 2 rings (SSSR count). The standard InChI is InChI=1S/C17H26N2O2/c1-3-12(4-2)15(20)11-19-16(21)17(9-10-17)13-5-7-14(18)8-6-13/h5-8,12,15,20H,3-4,9-11,18H2,1-2H3,(H,19,21). The van der Waals surface area contributed by atoms with Crippen LogP contribution in [0.3, 0.4) is 0 Å². The topological polar surface area (TPSA) is 75.3 Å². The second kappa shape index (κ2) is 6.48. The van der Waals surface area contributed by atoms with Crippen LogP contribution in [0.2, 0.25) is 0 Å². The molecule has 4 N–H and O–H groups in total. The average molecular weight is 290 g/mol. The van der Waals surface area contributed by atoms with E-state index in [0.29, 0.717) is 12.2 Å². The van der Waals surface area contributed by atoms with Crippen LogP contribution >= 0.6 is 0 Å². The van der Waals surface area contributed by atoms with Crippen LogP contribution in [0, 0.1) is 5.92 Å². The molecule has 4 nitrogen and oxygen atoms in total. The molecule has 1 aliphatic rings. The maximum atomic E-state index is 12.5. The predicted octanol–water partition coefficient (Wildman–Crippen LogP) is 2.21. The lowest BCUT2D eigenvalue weighted by Crippen LogP contribution is -2.41. The summed E-state index contributed by atoms with van der Waals surface area (Å²) in [5, 5.41) is 13.0. The van der Waals surface area contributed by atoms with Gasteiger partial charge in [-0.1, -0.05) is 38.8 Å². The highest BCUT2D eigenvalue weighted by Crippen LogP contribution is 2.48. The van der Waals surface area contributed by atoms with Crippen molar-refractivity contribution < 1.29 is 9.90 Å². The molecule has 1 unspecified atom stereocenters. The minimum absolute atomic E-state index is 0.0253. The monoisotopic (exact) mass is 290 g/mol. The number of nitrogen functional groups attached to an aromatic ring is 1. The van der Waals surface area contributed by atoms with Gasteiger partial charge in [-0.05, 0) is 36.5 Å². The van der Waals surface area contributed by atoms with E-state index in [2.05, 4.69) is 19.2 Å². The van der Waals surface area contributed by atoms with E-state index < -0.39 is 11.5 Å². The Morgan fingerprint density at radius 2 is 1.86 bits per heavy atom. The van der Waals surface area contributed by atoms with Crippen LogP contribution in [0.4, 0.5) is 5.69 Å². The van der Waals surface area contributed by atoms with Crippen molar-refractivity contribution in [2.24, 2.45) is 5.92 Å². The van der Waals surface area contributed by atoms with Gasteiger partial charge in [0.15, 0.2) is 0 Å². The van der Waals surface area contributed by atoms with Crippen molar-refractivity contribution >= 4 is 11.6 Å². The molecule has 0 bridgehead atoms. The lowest BCUT2D eigenvalue weighted by Gasteiger charge is -2.22. The normalized spacial score (nSPS) is 17.5. The first-order valence-electron chi connectivity index (χ1n) is 7.86. The fourth-order valence-electron chi connectivity index (χ4n) is 2.94. The van der Waals surface area contributed by atoms with Gasteiger partial charge < -0.3 is 16.2 Å². The first kappa shape index (κ1) is 15.8. The molecule has 1 aromatic carbocycles. The number of carbonyl (C=O) groups is 1. The highest BCUT2D eigenvalue weighted by atomic mass is 16.3. The van der Waals surface area contributed by atoms with Crippen molar-refractivity contribution in [3.8, 4) is 0 Å². The van der Waals surface area contributed by atoms with Crippen LogP contribution < -0.4 is 11.1 Å². The Labute approximate surface area is 126 Å². The fourth-order valence-corrected chi connectivity index (χ4v) is 2.94. The molecule has 1 atom stereocenters. The number of benzene rings is 1. The van der Waals surface area contributed by atoms with E-state index in [-0.39, 0.29) is 11.8 Å². The molecule has 1 fully saturated rings. The molecule has 0 aliphatic heterocycles. The summed E-state index contributed by atoms with van der Waals surface area (Å²) in [4.78, 5) is 12.5.